The SMILES string of the molecule is Clc1csc(NCCc2ccccc2)n1. The summed E-state index contributed by atoms with van der Waals surface area (Å²) < 4.78 is 0. The van der Waals surface area contributed by atoms with Crippen molar-refractivity contribution in [1.29, 1.82) is 0 Å². The van der Waals surface area contributed by atoms with Crippen molar-refractivity contribution in [3.05, 3.63) is 46.4 Å². The van der Waals surface area contributed by atoms with Crippen LogP contribution in [0.25, 0.3) is 0 Å². The number of thiazole rings is 1. The molecule has 0 fully saturated rings. The Morgan fingerprint density at radius 2 is 2.07 bits per heavy atom. The minimum absolute atomic E-state index is 0.558. The summed E-state index contributed by atoms with van der Waals surface area (Å²) in [7, 11) is 0. The van der Waals surface area contributed by atoms with Gasteiger partial charge in [-0.2, -0.15) is 0 Å². The van der Waals surface area contributed by atoms with Crippen molar-refractivity contribution < 1.29 is 0 Å². The second-order valence-electron chi connectivity index (χ2n) is 3.14. The molecule has 4 heteroatoms. The maximum Gasteiger partial charge on any atom is 0.184 e. The first-order valence-electron chi connectivity index (χ1n) is 4.73. The van der Waals surface area contributed by atoms with Crippen LogP contribution in [0.1, 0.15) is 5.56 Å². The van der Waals surface area contributed by atoms with Crippen molar-refractivity contribution in [2.45, 2.75) is 6.42 Å². The van der Waals surface area contributed by atoms with Crippen LogP contribution in [0.3, 0.4) is 0 Å². The molecule has 0 radical (unpaired) electrons. The third kappa shape index (κ3) is 3.22. The van der Waals surface area contributed by atoms with Gasteiger partial charge in [0.2, 0.25) is 0 Å². The molecule has 0 aliphatic rings. The van der Waals surface area contributed by atoms with Crippen molar-refractivity contribution >= 4 is 28.1 Å². The molecule has 2 aromatic rings. The summed E-state index contributed by atoms with van der Waals surface area (Å²) in [6.45, 7) is 0.883. The molecule has 0 saturated heterocycles. The fourth-order valence-corrected chi connectivity index (χ4v) is 2.16. The molecule has 0 unspecified atom stereocenters. The molecule has 0 saturated carbocycles. The van der Waals surface area contributed by atoms with E-state index in [0.29, 0.717) is 5.15 Å². The van der Waals surface area contributed by atoms with Crippen LogP contribution in [0, 0.1) is 0 Å². The predicted molar refractivity (Wildman–Crippen MR) is 65.8 cm³/mol. The smallest absolute Gasteiger partial charge is 0.184 e. The fraction of sp³-hybridized carbons (Fsp3) is 0.182. The normalized spacial score (nSPS) is 10.2. The summed E-state index contributed by atoms with van der Waals surface area (Å²) in [5, 5.41) is 6.51. The van der Waals surface area contributed by atoms with E-state index >= 15 is 0 Å². The van der Waals surface area contributed by atoms with E-state index in [1.54, 1.807) is 0 Å². The molecule has 0 atom stereocenters. The number of aromatic nitrogens is 1. The van der Waals surface area contributed by atoms with Crippen molar-refractivity contribution in [2.75, 3.05) is 11.9 Å². The molecule has 0 spiro atoms. The van der Waals surface area contributed by atoms with Gasteiger partial charge >= 0.3 is 0 Å². The number of hydrogen-bond donors (Lipinski definition) is 1. The summed E-state index contributed by atoms with van der Waals surface area (Å²) >= 11 is 7.25. The van der Waals surface area contributed by atoms with E-state index < -0.39 is 0 Å². The lowest BCUT2D eigenvalue weighted by molar-refractivity contribution is 1.02. The lowest BCUT2D eigenvalue weighted by Crippen LogP contribution is -2.04. The molecular weight excluding hydrogens is 228 g/mol. The highest BCUT2D eigenvalue weighted by atomic mass is 35.5. The molecule has 0 aliphatic heterocycles. The van der Waals surface area contributed by atoms with Gasteiger partial charge in [-0.3, -0.25) is 0 Å². The summed E-state index contributed by atoms with van der Waals surface area (Å²) in [5.41, 5.74) is 1.33. The lowest BCUT2D eigenvalue weighted by atomic mass is 10.2. The van der Waals surface area contributed by atoms with Crippen LogP contribution in [0.15, 0.2) is 35.7 Å². The van der Waals surface area contributed by atoms with Gasteiger partial charge in [0.15, 0.2) is 5.13 Å². The second kappa shape index (κ2) is 5.14. The molecule has 2 nitrogen and oxygen atoms in total. The average molecular weight is 239 g/mol. The van der Waals surface area contributed by atoms with Crippen LogP contribution in [-0.4, -0.2) is 11.5 Å². The zero-order chi connectivity index (χ0) is 10.5. The van der Waals surface area contributed by atoms with Crippen LogP contribution in [-0.2, 0) is 6.42 Å². The predicted octanol–water partition coefficient (Wildman–Crippen LogP) is 3.45. The minimum Gasteiger partial charge on any atom is -0.361 e. The summed E-state index contributed by atoms with van der Waals surface area (Å²) in [6.07, 6.45) is 0.998. The molecule has 2 rings (SSSR count). The zero-order valence-corrected chi connectivity index (χ0v) is 9.68. The standard InChI is InChI=1S/C11H11ClN2S/c12-10-8-15-11(14-10)13-7-6-9-4-2-1-3-5-9/h1-5,8H,6-7H2,(H,13,14). The Labute approximate surface area is 97.9 Å². The van der Waals surface area contributed by atoms with Gasteiger partial charge in [-0.25, -0.2) is 4.98 Å². The maximum absolute atomic E-state index is 5.72. The minimum atomic E-state index is 0.558. The second-order valence-corrected chi connectivity index (χ2v) is 4.38. The van der Waals surface area contributed by atoms with Gasteiger partial charge in [0.25, 0.3) is 0 Å². The van der Waals surface area contributed by atoms with Crippen LogP contribution < -0.4 is 5.32 Å². The molecule has 0 bridgehead atoms. The van der Waals surface area contributed by atoms with Gasteiger partial charge in [0, 0.05) is 11.9 Å². The molecule has 15 heavy (non-hydrogen) atoms. The Kier molecular flexibility index (Phi) is 3.59. The quantitative estimate of drug-likeness (QED) is 0.883. The van der Waals surface area contributed by atoms with Gasteiger partial charge in [0.1, 0.15) is 5.15 Å². The Morgan fingerprint density at radius 3 is 2.73 bits per heavy atom. The zero-order valence-electron chi connectivity index (χ0n) is 8.11. The van der Waals surface area contributed by atoms with Crippen LogP contribution >= 0.6 is 22.9 Å². The Morgan fingerprint density at radius 1 is 1.27 bits per heavy atom. The number of anilines is 1. The molecule has 0 aliphatic carbocycles. The summed E-state index contributed by atoms with van der Waals surface area (Å²) in [5.74, 6) is 0. The van der Waals surface area contributed by atoms with Crippen LogP contribution in [0.4, 0.5) is 5.13 Å². The Balaban J connectivity index is 1.80. The van der Waals surface area contributed by atoms with E-state index in [-0.39, 0.29) is 0 Å². The van der Waals surface area contributed by atoms with Crippen molar-refractivity contribution in [3.63, 3.8) is 0 Å². The highest BCUT2D eigenvalue weighted by Crippen LogP contribution is 2.18. The molecule has 1 heterocycles. The van der Waals surface area contributed by atoms with Gasteiger partial charge in [-0.05, 0) is 12.0 Å². The van der Waals surface area contributed by atoms with Gasteiger partial charge < -0.3 is 5.32 Å². The van der Waals surface area contributed by atoms with E-state index in [2.05, 4.69) is 34.6 Å². The maximum atomic E-state index is 5.72. The van der Waals surface area contributed by atoms with Crippen LogP contribution in [0.5, 0.6) is 0 Å². The topological polar surface area (TPSA) is 24.9 Å². The highest BCUT2D eigenvalue weighted by Gasteiger charge is 1.98. The number of benzene rings is 1. The molecule has 1 aromatic carbocycles. The van der Waals surface area contributed by atoms with Crippen molar-refractivity contribution in [3.8, 4) is 0 Å². The molecule has 1 aromatic heterocycles. The number of nitrogens with zero attached hydrogens (tertiary/aromatic N) is 1. The van der Waals surface area contributed by atoms with Gasteiger partial charge in [0.05, 0.1) is 0 Å². The van der Waals surface area contributed by atoms with Crippen LogP contribution in [0.2, 0.25) is 5.15 Å². The van der Waals surface area contributed by atoms with Crippen molar-refractivity contribution in [2.24, 2.45) is 0 Å². The van der Waals surface area contributed by atoms with E-state index in [9.17, 15) is 0 Å². The fourth-order valence-electron chi connectivity index (χ4n) is 1.29. The number of hydrogen-bond acceptors (Lipinski definition) is 3. The molecule has 1 N–H and O–H groups in total. The summed E-state index contributed by atoms with van der Waals surface area (Å²) in [6, 6.07) is 10.4. The van der Waals surface area contributed by atoms with Gasteiger partial charge in [-0.15, -0.1) is 11.3 Å². The highest BCUT2D eigenvalue weighted by molar-refractivity contribution is 7.14. The molecule has 78 valence electrons. The Bertz CT molecular complexity index is 414. The first-order valence-corrected chi connectivity index (χ1v) is 5.99. The Hall–Kier alpha value is -1.06. The monoisotopic (exact) mass is 238 g/mol. The van der Waals surface area contributed by atoms with E-state index in [1.807, 2.05) is 11.4 Å². The largest absolute Gasteiger partial charge is 0.361 e. The first kappa shape index (κ1) is 10.5. The van der Waals surface area contributed by atoms with E-state index in [4.69, 9.17) is 11.6 Å². The van der Waals surface area contributed by atoms with Crippen molar-refractivity contribution in [1.82, 2.24) is 4.98 Å². The first-order chi connectivity index (χ1) is 7.34. The summed E-state index contributed by atoms with van der Waals surface area (Å²) in [4.78, 5) is 4.11. The van der Waals surface area contributed by atoms with E-state index in [0.717, 1.165) is 18.1 Å². The third-order valence-electron chi connectivity index (χ3n) is 2.01. The third-order valence-corrected chi connectivity index (χ3v) is 3.13. The molecule has 0 amide bonds. The average Bonchev–Trinajstić information content (AvgIpc) is 2.66. The van der Waals surface area contributed by atoms with E-state index in [1.165, 1.54) is 16.9 Å². The lowest BCUT2D eigenvalue weighted by Gasteiger charge is -2.02. The van der Waals surface area contributed by atoms with Gasteiger partial charge in [-0.1, -0.05) is 41.9 Å². The number of halogens is 1. The number of rotatable bonds is 4. The molecular formula is C11H11ClN2S. The number of nitrogens with one attached hydrogen (secondary N) is 1.